The van der Waals surface area contributed by atoms with E-state index in [0.717, 1.165) is 0 Å². The van der Waals surface area contributed by atoms with Crippen LogP contribution >= 0.6 is 0 Å². The fourth-order valence-electron chi connectivity index (χ4n) is 1.12. The van der Waals surface area contributed by atoms with Crippen molar-refractivity contribution >= 4 is 11.9 Å². The average molecular weight is 240 g/mol. The van der Waals surface area contributed by atoms with E-state index in [9.17, 15) is 14.4 Å². The van der Waals surface area contributed by atoms with Crippen LogP contribution in [0.1, 0.15) is 16.9 Å². The molecule has 17 heavy (non-hydrogen) atoms. The maximum absolute atomic E-state index is 11.4. The Morgan fingerprint density at radius 1 is 1.41 bits per heavy atom. The molecule has 0 aliphatic heterocycles. The first-order valence-corrected chi connectivity index (χ1v) is 4.89. The van der Waals surface area contributed by atoms with Crippen LogP contribution in [0.3, 0.4) is 0 Å². The van der Waals surface area contributed by atoms with Crippen LogP contribution in [-0.2, 0) is 4.79 Å². The number of aromatic nitrogens is 1. The number of rotatable bonds is 5. The lowest BCUT2D eigenvalue weighted by atomic mass is 10.2. The first kappa shape index (κ1) is 12.9. The maximum atomic E-state index is 11.4. The second-order valence-electron chi connectivity index (χ2n) is 3.33. The minimum Gasteiger partial charge on any atom is -0.479 e. The predicted octanol–water partition coefficient (Wildman–Crippen LogP) is -1.06. The molecule has 0 saturated heterocycles. The minimum atomic E-state index is -1.51. The van der Waals surface area contributed by atoms with Gasteiger partial charge in [0.1, 0.15) is 5.69 Å². The molecule has 1 aromatic heterocycles. The van der Waals surface area contributed by atoms with E-state index in [0.29, 0.717) is 0 Å². The highest BCUT2D eigenvalue weighted by Gasteiger charge is 2.13. The number of aliphatic hydroxyl groups excluding tert-OH is 1. The molecule has 0 aliphatic carbocycles. The Kier molecular flexibility index (Phi) is 4.41. The van der Waals surface area contributed by atoms with E-state index in [1.807, 2.05) is 0 Å². The van der Waals surface area contributed by atoms with Crippen molar-refractivity contribution in [1.82, 2.24) is 10.3 Å². The van der Waals surface area contributed by atoms with Crippen molar-refractivity contribution in [2.45, 2.75) is 12.5 Å². The van der Waals surface area contributed by atoms with E-state index in [2.05, 4.69) is 10.3 Å². The van der Waals surface area contributed by atoms with Crippen molar-refractivity contribution < 1.29 is 19.8 Å². The van der Waals surface area contributed by atoms with Crippen molar-refractivity contribution in [2.75, 3.05) is 6.54 Å². The lowest BCUT2D eigenvalue weighted by Crippen LogP contribution is -2.31. The fourth-order valence-corrected chi connectivity index (χ4v) is 1.12. The topological polar surface area (TPSA) is 119 Å². The van der Waals surface area contributed by atoms with Crippen molar-refractivity contribution in [3.8, 4) is 0 Å². The van der Waals surface area contributed by atoms with E-state index in [1.165, 1.54) is 18.2 Å². The normalized spacial score (nSPS) is 11.8. The molecule has 1 aromatic rings. The van der Waals surface area contributed by atoms with Gasteiger partial charge >= 0.3 is 5.97 Å². The van der Waals surface area contributed by atoms with Crippen LogP contribution in [0.15, 0.2) is 23.0 Å². The number of hydrogen-bond acceptors (Lipinski definition) is 4. The van der Waals surface area contributed by atoms with E-state index >= 15 is 0 Å². The summed E-state index contributed by atoms with van der Waals surface area (Å²) in [6.45, 7) is 0.00320. The third kappa shape index (κ3) is 4.07. The van der Waals surface area contributed by atoms with Crippen LogP contribution < -0.4 is 10.9 Å². The van der Waals surface area contributed by atoms with Crippen molar-refractivity contribution in [1.29, 1.82) is 0 Å². The Morgan fingerprint density at radius 2 is 2.12 bits per heavy atom. The van der Waals surface area contributed by atoms with Crippen LogP contribution in [0.5, 0.6) is 0 Å². The molecule has 1 atom stereocenters. The SMILES string of the molecule is O=C(NCC[C@H](O)C(=O)O)c1cccc(=O)[nH]1. The van der Waals surface area contributed by atoms with Crippen LogP contribution in [0.25, 0.3) is 0 Å². The van der Waals surface area contributed by atoms with Crippen LogP contribution in [0.4, 0.5) is 0 Å². The molecule has 7 heteroatoms. The Hall–Kier alpha value is -2.15. The molecule has 4 N–H and O–H groups in total. The fraction of sp³-hybridized carbons (Fsp3) is 0.300. The Balaban J connectivity index is 2.46. The molecule has 1 heterocycles. The minimum absolute atomic E-state index is 0.00320. The number of H-pyrrole nitrogens is 1. The third-order valence-electron chi connectivity index (χ3n) is 2.00. The molecule has 1 rings (SSSR count). The van der Waals surface area contributed by atoms with Crippen LogP contribution in [0.2, 0.25) is 0 Å². The van der Waals surface area contributed by atoms with Gasteiger partial charge in [0, 0.05) is 19.0 Å². The average Bonchev–Trinajstić information content (AvgIpc) is 2.28. The molecule has 0 aliphatic rings. The standard InChI is InChI=1S/C10H12N2O5/c13-7(10(16)17)4-5-11-9(15)6-2-1-3-8(14)12-6/h1-3,7,13H,4-5H2,(H,11,15)(H,12,14)(H,16,17)/t7-/m0/s1. The number of aliphatic hydroxyl groups is 1. The number of hydrogen-bond donors (Lipinski definition) is 4. The number of nitrogens with one attached hydrogen (secondary N) is 2. The van der Waals surface area contributed by atoms with E-state index < -0.39 is 23.5 Å². The van der Waals surface area contributed by atoms with E-state index in [1.54, 1.807) is 0 Å². The number of carboxylic acids is 1. The van der Waals surface area contributed by atoms with Gasteiger partial charge in [-0.2, -0.15) is 0 Å². The van der Waals surface area contributed by atoms with Gasteiger partial charge in [-0.15, -0.1) is 0 Å². The lowest BCUT2D eigenvalue weighted by molar-refractivity contribution is -0.146. The van der Waals surface area contributed by atoms with Crippen molar-refractivity contribution in [3.05, 3.63) is 34.2 Å². The number of amides is 1. The summed E-state index contributed by atoms with van der Waals surface area (Å²) in [6, 6.07) is 4.12. The number of aromatic amines is 1. The zero-order valence-electron chi connectivity index (χ0n) is 8.84. The van der Waals surface area contributed by atoms with Gasteiger partial charge < -0.3 is 20.5 Å². The molecular formula is C10H12N2O5. The Morgan fingerprint density at radius 3 is 2.71 bits per heavy atom. The smallest absolute Gasteiger partial charge is 0.332 e. The molecule has 0 aromatic carbocycles. The summed E-state index contributed by atoms with van der Waals surface area (Å²) < 4.78 is 0. The van der Waals surface area contributed by atoms with Crippen LogP contribution in [-0.4, -0.2) is 39.7 Å². The summed E-state index contributed by atoms with van der Waals surface area (Å²) in [7, 11) is 0. The van der Waals surface area contributed by atoms with Gasteiger partial charge in [-0.25, -0.2) is 4.79 Å². The van der Waals surface area contributed by atoms with Crippen molar-refractivity contribution in [3.63, 3.8) is 0 Å². The van der Waals surface area contributed by atoms with Gasteiger partial charge in [0.2, 0.25) is 5.56 Å². The number of carboxylic acid groups (broad SMARTS) is 1. The second-order valence-corrected chi connectivity index (χ2v) is 3.33. The quantitative estimate of drug-likeness (QED) is 0.523. The van der Waals surface area contributed by atoms with E-state index in [4.69, 9.17) is 10.2 Å². The Bertz CT molecular complexity index is 468. The molecule has 0 saturated carbocycles. The molecular weight excluding hydrogens is 228 g/mol. The summed E-state index contributed by atoms with van der Waals surface area (Å²) in [5, 5.41) is 19.7. The van der Waals surface area contributed by atoms with Gasteiger partial charge in [-0.1, -0.05) is 6.07 Å². The zero-order valence-corrected chi connectivity index (χ0v) is 8.84. The number of aliphatic carboxylic acids is 1. The maximum Gasteiger partial charge on any atom is 0.332 e. The monoisotopic (exact) mass is 240 g/mol. The number of carbonyl (C=O) groups is 2. The molecule has 0 fully saturated rings. The summed E-state index contributed by atoms with van der Waals surface area (Å²) >= 11 is 0. The molecule has 0 unspecified atom stereocenters. The van der Waals surface area contributed by atoms with E-state index in [-0.39, 0.29) is 18.7 Å². The third-order valence-corrected chi connectivity index (χ3v) is 2.00. The first-order chi connectivity index (χ1) is 8.00. The summed E-state index contributed by atoms with van der Waals surface area (Å²) in [5.41, 5.74) is -0.314. The highest BCUT2D eigenvalue weighted by atomic mass is 16.4. The molecule has 0 radical (unpaired) electrons. The molecule has 1 amide bonds. The largest absolute Gasteiger partial charge is 0.479 e. The summed E-state index contributed by atoms with van der Waals surface area (Å²) in [6.07, 6.45) is -1.61. The summed E-state index contributed by atoms with van der Waals surface area (Å²) in [5.74, 6) is -1.87. The second kappa shape index (κ2) is 5.80. The lowest BCUT2D eigenvalue weighted by Gasteiger charge is -2.06. The zero-order chi connectivity index (χ0) is 12.8. The van der Waals surface area contributed by atoms with Crippen LogP contribution in [0, 0.1) is 0 Å². The summed E-state index contributed by atoms with van der Waals surface area (Å²) in [4.78, 5) is 35.0. The molecule has 0 bridgehead atoms. The number of pyridine rings is 1. The predicted molar refractivity (Wildman–Crippen MR) is 57.7 cm³/mol. The molecule has 92 valence electrons. The highest BCUT2D eigenvalue weighted by Crippen LogP contribution is 1.92. The van der Waals surface area contributed by atoms with Gasteiger partial charge in [0.05, 0.1) is 0 Å². The Labute approximate surface area is 96.1 Å². The van der Waals surface area contributed by atoms with Gasteiger partial charge in [-0.3, -0.25) is 9.59 Å². The van der Waals surface area contributed by atoms with Gasteiger partial charge in [0.15, 0.2) is 6.10 Å². The molecule has 0 spiro atoms. The first-order valence-electron chi connectivity index (χ1n) is 4.89. The molecule has 7 nitrogen and oxygen atoms in total. The number of carbonyl (C=O) groups excluding carboxylic acids is 1. The van der Waals surface area contributed by atoms with Gasteiger partial charge in [0.25, 0.3) is 5.91 Å². The highest BCUT2D eigenvalue weighted by molar-refractivity contribution is 5.92. The van der Waals surface area contributed by atoms with Gasteiger partial charge in [-0.05, 0) is 6.07 Å². The van der Waals surface area contributed by atoms with Crippen molar-refractivity contribution in [2.24, 2.45) is 0 Å².